The Morgan fingerprint density at radius 2 is 2.25 bits per heavy atom. The highest BCUT2D eigenvalue weighted by molar-refractivity contribution is 5.94. The first kappa shape index (κ1) is 14.7. The molecule has 6 nitrogen and oxygen atoms in total. The largest absolute Gasteiger partial charge is 0.394 e. The van der Waals surface area contributed by atoms with E-state index >= 15 is 0 Å². The van der Waals surface area contributed by atoms with Crippen molar-refractivity contribution in [3.63, 3.8) is 0 Å². The van der Waals surface area contributed by atoms with Crippen LogP contribution in [0, 0.1) is 0 Å². The molecule has 0 bridgehead atoms. The number of aliphatic hydroxyl groups is 1. The molecular formula is C14H20N2O4. The van der Waals surface area contributed by atoms with Gasteiger partial charge in [0.2, 0.25) is 0 Å². The van der Waals surface area contributed by atoms with E-state index in [4.69, 9.17) is 4.74 Å². The highest BCUT2D eigenvalue weighted by Gasteiger charge is 2.35. The van der Waals surface area contributed by atoms with E-state index in [9.17, 15) is 14.7 Å². The van der Waals surface area contributed by atoms with Crippen LogP contribution in [0.25, 0.3) is 0 Å². The van der Waals surface area contributed by atoms with Gasteiger partial charge in [-0.3, -0.25) is 9.59 Å². The number of carbonyl (C=O) groups excluding carboxylic acids is 1. The molecule has 1 amide bonds. The van der Waals surface area contributed by atoms with Crippen LogP contribution in [0.15, 0.2) is 23.1 Å². The molecule has 1 N–H and O–H groups in total. The average molecular weight is 280 g/mol. The molecule has 1 aromatic heterocycles. The second-order valence-electron chi connectivity index (χ2n) is 5.73. The number of nitrogens with zero attached hydrogens (tertiary/aromatic N) is 2. The van der Waals surface area contributed by atoms with Crippen LogP contribution in [-0.2, 0) is 11.8 Å². The number of aromatic nitrogens is 1. The third-order valence-electron chi connectivity index (χ3n) is 3.32. The highest BCUT2D eigenvalue weighted by atomic mass is 16.5. The number of hydrogen-bond donors (Lipinski definition) is 1. The van der Waals surface area contributed by atoms with E-state index in [0.717, 1.165) is 0 Å². The van der Waals surface area contributed by atoms with Crippen molar-refractivity contribution in [2.75, 3.05) is 19.7 Å². The third-order valence-corrected chi connectivity index (χ3v) is 3.32. The Bertz CT molecular complexity index is 565. The Labute approximate surface area is 117 Å². The van der Waals surface area contributed by atoms with Crippen molar-refractivity contribution >= 4 is 5.91 Å². The fourth-order valence-corrected chi connectivity index (χ4v) is 2.41. The predicted octanol–water partition coefficient (Wildman–Crippen LogP) is -0.00280. The lowest BCUT2D eigenvalue weighted by Crippen LogP contribution is -2.55. The van der Waals surface area contributed by atoms with E-state index in [0.29, 0.717) is 18.7 Å². The van der Waals surface area contributed by atoms with Crippen molar-refractivity contribution in [2.45, 2.75) is 25.6 Å². The Morgan fingerprint density at radius 3 is 2.85 bits per heavy atom. The molecule has 1 fully saturated rings. The van der Waals surface area contributed by atoms with Gasteiger partial charge in [-0.05, 0) is 19.9 Å². The molecule has 6 heteroatoms. The first-order chi connectivity index (χ1) is 9.32. The van der Waals surface area contributed by atoms with E-state index in [1.807, 2.05) is 13.8 Å². The lowest BCUT2D eigenvalue weighted by atomic mass is 10.0. The average Bonchev–Trinajstić information content (AvgIpc) is 2.39. The summed E-state index contributed by atoms with van der Waals surface area (Å²) in [4.78, 5) is 25.7. The van der Waals surface area contributed by atoms with Gasteiger partial charge in [0.05, 0.1) is 18.3 Å². The van der Waals surface area contributed by atoms with Crippen molar-refractivity contribution < 1.29 is 14.6 Å². The molecule has 0 spiro atoms. The summed E-state index contributed by atoms with van der Waals surface area (Å²) in [6.07, 6.45) is 1.18. The predicted molar refractivity (Wildman–Crippen MR) is 73.6 cm³/mol. The molecule has 1 saturated heterocycles. The monoisotopic (exact) mass is 280 g/mol. The maximum atomic E-state index is 12.5. The van der Waals surface area contributed by atoms with Crippen LogP contribution in [0.1, 0.15) is 24.2 Å². The summed E-state index contributed by atoms with van der Waals surface area (Å²) in [6, 6.07) is 2.96. The second kappa shape index (κ2) is 5.38. The van der Waals surface area contributed by atoms with Gasteiger partial charge in [0.1, 0.15) is 0 Å². The zero-order valence-corrected chi connectivity index (χ0v) is 12.0. The second-order valence-corrected chi connectivity index (χ2v) is 5.73. The summed E-state index contributed by atoms with van der Waals surface area (Å²) in [7, 11) is 1.64. The molecule has 0 aliphatic carbocycles. The highest BCUT2D eigenvalue weighted by Crippen LogP contribution is 2.22. The summed E-state index contributed by atoms with van der Waals surface area (Å²) in [5.41, 5.74) is -0.370. The van der Waals surface area contributed by atoms with Crippen molar-refractivity contribution in [1.29, 1.82) is 0 Å². The van der Waals surface area contributed by atoms with Crippen LogP contribution in [-0.4, -0.2) is 51.9 Å². The smallest absolute Gasteiger partial charge is 0.254 e. The van der Waals surface area contributed by atoms with E-state index in [2.05, 4.69) is 0 Å². The summed E-state index contributed by atoms with van der Waals surface area (Å²) in [6.45, 7) is 4.37. The zero-order valence-electron chi connectivity index (χ0n) is 12.0. The summed E-state index contributed by atoms with van der Waals surface area (Å²) < 4.78 is 7.09. The maximum Gasteiger partial charge on any atom is 0.254 e. The van der Waals surface area contributed by atoms with Gasteiger partial charge in [-0.25, -0.2) is 0 Å². The molecule has 20 heavy (non-hydrogen) atoms. The van der Waals surface area contributed by atoms with Crippen LogP contribution in [0.2, 0.25) is 0 Å². The Balaban J connectivity index is 2.23. The molecule has 1 aliphatic heterocycles. The van der Waals surface area contributed by atoms with Gasteiger partial charge in [0.15, 0.2) is 0 Å². The van der Waals surface area contributed by atoms with Crippen molar-refractivity contribution in [3.8, 4) is 0 Å². The zero-order chi connectivity index (χ0) is 14.9. The molecule has 1 aliphatic rings. The van der Waals surface area contributed by atoms with Crippen LogP contribution >= 0.6 is 0 Å². The minimum Gasteiger partial charge on any atom is -0.394 e. The number of pyridine rings is 1. The molecular weight excluding hydrogens is 260 g/mol. The van der Waals surface area contributed by atoms with Crippen LogP contribution in [0.5, 0.6) is 0 Å². The number of hydrogen-bond acceptors (Lipinski definition) is 4. The van der Waals surface area contributed by atoms with Crippen molar-refractivity contribution in [1.82, 2.24) is 9.47 Å². The first-order valence-corrected chi connectivity index (χ1v) is 6.57. The molecule has 110 valence electrons. The maximum absolute atomic E-state index is 12.5. The van der Waals surface area contributed by atoms with E-state index in [1.54, 1.807) is 24.2 Å². The lowest BCUT2D eigenvalue weighted by Gasteiger charge is -2.42. The van der Waals surface area contributed by atoms with E-state index < -0.39 is 11.7 Å². The number of rotatable bonds is 2. The van der Waals surface area contributed by atoms with Gasteiger partial charge < -0.3 is 19.3 Å². The quantitative estimate of drug-likeness (QED) is 0.827. The first-order valence-electron chi connectivity index (χ1n) is 6.57. The number of aliphatic hydroxyl groups excluding tert-OH is 1. The fraction of sp³-hybridized carbons (Fsp3) is 0.571. The number of aryl methyl sites for hydroxylation is 1. The molecule has 1 atom stereocenters. The lowest BCUT2D eigenvalue weighted by molar-refractivity contribution is -0.139. The molecule has 0 saturated carbocycles. The van der Waals surface area contributed by atoms with E-state index in [1.165, 1.54) is 10.6 Å². The summed E-state index contributed by atoms with van der Waals surface area (Å²) >= 11 is 0. The summed E-state index contributed by atoms with van der Waals surface area (Å²) in [5, 5.41) is 9.26. The molecule has 1 unspecified atom stereocenters. The van der Waals surface area contributed by atoms with Gasteiger partial charge in [-0.2, -0.15) is 0 Å². The summed E-state index contributed by atoms with van der Waals surface area (Å²) in [5.74, 6) is -0.211. The van der Waals surface area contributed by atoms with E-state index in [-0.39, 0.29) is 18.1 Å². The van der Waals surface area contributed by atoms with Crippen LogP contribution < -0.4 is 5.56 Å². The Hall–Kier alpha value is -1.66. The number of ether oxygens (including phenoxy) is 1. The van der Waals surface area contributed by atoms with Gasteiger partial charge >= 0.3 is 0 Å². The SMILES string of the molecule is Cn1ccc(C(=O)N2CC(CO)OC(C)(C)C2)cc1=O. The van der Waals surface area contributed by atoms with Crippen LogP contribution in [0.3, 0.4) is 0 Å². The number of carbonyl (C=O) groups is 1. The molecule has 1 aromatic rings. The molecule has 0 radical (unpaired) electrons. The van der Waals surface area contributed by atoms with Gasteiger partial charge in [-0.15, -0.1) is 0 Å². The van der Waals surface area contributed by atoms with Gasteiger partial charge in [0.25, 0.3) is 11.5 Å². The van der Waals surface area contributed by atoms with Crippen molar-refractivity contribution in [3.05, 3.63) is 34.2 Å². The van der Waals surface area contributed by atoms with Crippen LogP contribution in [0.4, 0.5) is 0 Å². The number of amides is 1. The third kappa shape index (κ3) is 3.08. The van der Waals surface area contributed by atoms with Crippen molar-refractivity contribution in [2.24, 2.45) is 7.05 Å². The van der Waals surface area contributed by atoms with Gasteiger partial charge in [0, 0.05) is 38.0 Å². The standard InChI is InChI=1S/C14H20N2O4/c1-14(2)9-16(7-11(8-17)20-14)13(19)10-4-5-15(3)12(18)6-10/h4-6,11,17H,7-9H2,1-3H3. The molecule has 2 rings (SSSR count). The Kier molecular flexibility index (Phi) is 3.96. The number of morpholine rings is 1. The Morgan fingerprint density at radius 1 is 1.55 bits per heavy atom. The minimum atomic E-state index is -0.513. The minimum absolute atomic E-state index is 0.135. The molecule has 0 aromatic carbocycles. The topological polar surface area (TPSA) is 71.8 Å². The fourth-order valence-electron chi connectivity index (χ4n) is 2.41. The van der Waals surface area contributed by atoms with Gasteiger partial charge in [-0.1, -0.05) is 0 Å². The normalized spacial score (nSPS) is 21.8. The molecule has 2 heterocycles.